The molecule has 0 N–H and O–H groups in total. The number of hydrogen-bond donors (Lipinski definition) is 0. The molecule has 1 saturated heterocycles. The quantitative estimate of drug-likeness (QED) is 0.769. The van der Waals surface area contributed by atoms with Crippen LogP contribution in [0.3, 0.4) is 0 Å². The van der Waals surface area contributed by atoms with Crippen molar-refractivity contribution in [3.05, 3.63) is 29.8 Å². The summed E-state index contributed by atoms with van der Waals surface area (Å²) in [5.41, 5.74) is 0.119. The Kier molecular flexibility index (Phi) is 4.62. The lowest BCUT2D eigenvalue weighted by atomic mass is 9.92. The van der Waals surface area contributed by atoms with Gasteiger partial charge in [0.2, 0.25) is 0 Å². The summed E-state index contributed by atoms with van der Waals surface area (Å²) in [4.78, 5) is 18.0. The lowest BCUT2D eigenvalue weighted by Gasteiger charge is -2.26. The topological polar surface area (TPSA) is 48.0 Å². The maximum atomic E-state index is 12.2. The molecule has 0 spiro atoms. The number of rotatable bonds is 5. The van der Waals surface area contributed by atoms with Gasteiger partial charge in [0, 0.05) is 26.4 Å². The average molecular weight is 279 g/mol. The number of hydrogen-bond acceptors (Lipinski definition) is 5. The molecule has 0 amide bonds. The summed E-state index contributed by atoms with van der Waals surface area (Å²) >= 11 is 0. The molecular weight excluding hydrogens is 258 g/mol. The molecule has 20 heavy (non-hydrogen) atoms. The van der Waals surface area contributed by atoms with Crippen molar-refractivity contribution in [3.8, 4) is 5.75 Å². The van der Waals surface area contributed by atoms with Gasteiger partial charge in [0.15, 0.2) is 5.60 Å². The maximum absolute atomic E-state index is 12.2. The van der Waals surface area contributed by atoms with Crippen molar-refractivity contribution in [2.24, 2.45) is 0 Å². The number of nitrogens with zero attached hydrogens (tertiary/aromatic N) is 1. The molecule has 1 aliphatic heterocycles. The van der Waals surface area contributed by atoms with E-state index in [1.54, 1.807) is 19.1 Å². The number of benzene rings is 1. The van der Waals surface area contributed by atoms with E-state index in [0.29, 0.717) is 19.4 Å². The van der Waals surface area contributed by atoms with Gasteiger partial charge in [-0.1, -0.05) is 12.1 Å². The van der Waals surface area contributed by atoms with E-state index in [0.717, 1.165) is 17.9 Å². The van der Waals surface area contributed by atoms with Crippen LogP contribution in [0, 0.1) is 0 Å². The van der Waals surface area contributed by atoms with Gasteiger partial charge in [-0.05, 0) is 24.6 Å². The molecule has 1 aromatic carbocycles. The largest absolute Gasteiger partial charge is 0.497 e. The van der Waals surface area contributed by atoms with Crippen molar-refractivity contribution in [3.63, 3.8) is 0 Å². The van der Waals surface area contributed by atoms with Gasteiger partial charge in [-0.25, -0.2) is 4.79 Å². The summed E-state index contributed by atoms with van der Waals surface area (Å²) in [5, 5.41) is 1.69. The summed E-state index contributed by atoms with van der Waals surface area (Å²) in [6.45, 7) is 2.88. The van der Waals surface area contributed by atoms with Crippen LogP contribution < -0.4 is 4.74 Å². The van der Waals surface area contributed by atoms with Gasteiger partial charge in [0.25, 0.3) is 0 Å². The molecule has 1 atom stereocenters. The molecule has 2 rings (SSSR count). The van der Waals surface area contributed by atoms with E-state index in [9.17, 15) is 4.79 Å². The third-order valence-corrected chi connectivity index (χ3v) is 3.46. The van der Waals surface area contributed by atoms with Crippen molar-refractivity contribution < 1.29 is 19.1 Å². The zero-order chi connectivity index (χ0) is 14.6. The monoisotopic (exact) mass is 279 g/mol. The summed E-state index contributed by atoms with van der Waals surface area (Å²) in [7, 11) is 3.46. The van der Waals surface area contributed by atoms with Crippen LogP contribution in [-0.4, -0.2) is 43.9 Å². The highest BCUT2D eigenvalue weighted by Gasteiger charge is 2.47. The van der Waals surface area contributed by atoms with Crippen LogP contribution in [0.25, 0.3) is 0 Å². The van der Waals surface area contributed by atoms with Gasteiger partial charge in [0.1, 0.15) is 5.75 Å². The Labute approximate surface area is 119 Å². The fourth-order valence-corrected chi connectivity index (χ4v) is 2.40. The second-order valence-corrected chi connectivity index (χ2v) is 4.93. The van der Waals surface area contributed by atoms with E-state index < -0.39 is 5.60 Å². The molecule has 0 radical (unpaired) electrons. The normalized spacial score (nSPS) is 22.8. The van der Waals surface area contributed by atoms with Crippen LogP contribution in [0.5, 0.6) is 5.75 Å². The molecule has 1 aliphatic rings. The number of carbonyl (C=O) groups excluding carboxylic acids is 1. The first-order chi connectivity index (χ1) is 9.59. The van der Waals surface area contributed by atoms with E-state index in [2.05, 4.69) is 0 Å². The first kappa shape index (κ1) is 14.8. The molecule has 5 nitrogen and oxygen atoms in total. The average Bonchev–Trinajstić information content (AvgIpc) is 2.82. The highest BCUT2D eigenvalue weighted by Crippen LogP contribution is 2.31. The Bertz CT molecular complexity index is 459. The Balaban J connectivity index is 2.17. The highest BCUT2D eigenvalue weighted by atomic mass is 16.7. The first-order valence-electron chi connectivity index (χ1n) is 6.80. The van der Waals surface area contributed by atoms with Crippen molar-refractivity contribution in [2.75, 3.05) is 27.3 Å². The second kappa shape index (κ2) is 6.24. The predicted octanol–water partition coefficient (Wildman–Crippen LogP) is 1.81. The van der Waals surface area contributed by atoms with Crippen LogP contribution in [0.2, 0.25) is 0 Å². The number of hydroxylamine groups is 2. The summed E-state index contributed by atoms with van der Waals surface area (Å²) in [6.07, 6.45) is 1.13. The van der Waals surface area contributed by atoms with E-state index in [-0.39, 0.29) is 5.97 Å². The zero-order valence-electron chi connectivity index (χ0n) is 12.2. The van der Waals surface area contributed by atoms with Crippen molar-refractivity contribution in [1.29, 1.82) is 0 Å². The third kappa shape index (κ3) is 3.11. The molecule has 1 heterocycles. The minimum Gasteiger partial charge on any atom is -0.497 e. The van der Waals surface area contributed by atoms with Gasteiger partial charge < -0.3 is 9.47 Å². The Morgan fingerprint density at radius 3 is 2.60 bits per heavy atom. The lowest BCUT2D eigenvalue weighted by Crippen LogP contribution is -2.43. The second-order valence-electron chi connectivity index (χ2n) is 4.93. The Morgan fingerprint density at radius 2 is 2.10 bits per heavy atom. The molecule has 1 unspecified atom stereocenters. The number of carbonyl (C=O) groups is 1. The molecular formula is C15H21NO4. The molecule has 110 valence electrons. The van der Waals surface area contributed by atoms with Crippen LogP contribution in [0.4, 0.5) is 0 Å². The van der Waals surface area contributed by atoms with E-state index in [1.165, 1.54) is 0 Å². The minimum atomic E-state index is -0.903. The van der Waals surface area contributed by atoms with E-state index in [4.69, 9.17) is 14.3 Å². The van der Waals surface area contributed by atoms with Gasteiger partial charge in [-0.15, -0.1) is 0 Å². The van der Waals surface area contributed by atoms with Crippen LogP contribution in [0.1, 0.15) is 18.9 Å². The van der Waals surface area contributed by atoms with Crippen molar-refractivity contribution in [1.82, 2.24) is 5.06 Å². The fourth-order valence-electron chi connectivity index (χ4n) is 2.40. The zero-order valence-corrected chi connectivity index (χ0v) is 12.2. The van der Waals surface area contributed by atoms with Gasteiger partial charge in [-0.2, -0.15) is 5.06 Å². The molecule has 0 bridgehead atoms. The Hall–Kier alpha value is -1.59. The van der Waals surface area contributed by atoms with Crippen LogP contribution in [-0.2, 0) is 20.8 Å². The molecule has 1 aromatic rings. The summed E-state index contributed by atoms with van der Waals surface area (Å²) in [5.74, 6) is 0.503. The SMILES string of the molecule is CCOC(=O)C1(Cc2ccc(OC)cc2)CCN(C)O1. The molecule has 5 heteroatoms. The number of methoxy groups -OCH3 is 1. The third-order valence-electron chi connectivity index (χ3n) is 3.46. The predicted molar refractivity (Wildman–Crippen MR) is 74.4 cm³/mol. The van der Waals surface area contributed by atoms with Crippen molar-refractivity contribution >= 4 is 5.97 Å². The standard InChI is InChI=1S/C15H21NO4/c1-4-19-14(17)15(9-10-16(2)20-15)11-12-5-7-13(18-3)8-6-12/h5-8H,4,9-11H2,1-3H3. The smallest absolute Gasteiger partial charge is 0.340 e. The fraction of sp³-hybridized carbons (Fsp3) is 0.533. The molecule has 0 aromatic heterocycles. The summed E-state index contributed by atoms with van der Waals surface area (Å²) in [6, 6.07) is 7.66. The van der Waals surface area contributed by atoms with Gasteiger partial charge >= 0.3 is 5.97 Å². The van der Waals surface area contributed by atoms with E-state index in [1.807, 2.05) is 31.3 Å². The van der Waals surface area contributed by atoms with Gasteiger partial charge in [-0.3, -0.25) is 4.84 Å². The van der Waals surface area contributed by atoms with E-state index >= 15 is 0 Å². The van der Waals surface area contributed by atoms with Gasteiger partial charge in [0.05, 0.1) is 13.7 Å². The maximum Gasteiger partial charge on any atom is 0.340 e. The van der Waals surface area contributed by atoms with Crippen LogP contribution in [0.15, 0.2) is 24.3 Å². The van der Waals surface area contributed by atoms with Crippen molar-refractivity contribution in [2.45, 2.75) is 25.4 Å². The first-order valence-corrected chi connectivity index (χ1v) is 6.80. The van der Waals surface area contributed by atoms with Crippen LogP contribution >= 0.6 is 0 Å². The summed E-state index contributed by atoms with van der Waals surface area (Å²) < 4.78 is 10.3. The molecule has 0 aliphatic carbocycles. The Morgan fingerprint density at radius 1 is 1.40 bits per heavy atom. The molecule has 0 saturated carbocycles. The minimum absolute atomic E-state index is 0.292. The number of esters is 1. The lowest BCUT2D eigenvalue weighted by molar-refractivity contribution is -0.206. The number of ether oxygens (including phenoxy) is 2. The molecule has 1 fully saturated rings. The highest BCUT2D eigenvalue weighted by molar-refractivity contribution is 5.80.